The molecule has 0 saturated carbocycles. The first-order valence-electron chi connectivity index (χ1n) is 6.65. The monoisotopic (exact) mass is 273 g/mol. The number of pyridine rings is 1. The highest BCUT2D eigenvalue weighted by atomic mass is 16.5. The fourth-order valence-electron chi connectivity index (χ4n) is 1.98. The summed E-state index contributed by atoms with van der Waals surface area (Å²) < 4.78 is 4.96. The van der Waals surface area contributed by atoms with Crippen LogP contribution in [0.1, 0.15) is 23.3 Å². The molecule has 0 unspecified atom stereocenters. The fourth-order valence-corrected chi connectivity index (χ4v) is 1.98. The van der Waals surface area contributed by atoms with Gasteiger partial charge in [-0.1, -0.05) is 18.2 Å². The topological polar surface area (TPSA) is 77.2 Å². The number of nitrogens with zero attached hydrogens (tertiary/aromatic N) is 1. The summed E-state index contributed by atoms with van der Waals surface area (Å²) in [6.07, 6.45) is 1.80. The van der Waals surface area contributed by atoms with Crippen molar-refractivity contribution < 1.29 is 9.53 Å². The molecule has 1 aromatic heterocycles. The fraction of sp³-hybridized carbons (Fsp3) is 0.333. The van der Waals surface area contributed by atoms with Crippen LogP contribution >= 0.6 is 0 Å². The SMILES string of the molecule is COCCCCNC(=O)c1cc(N)c2ccccc2n1. The van der Waals surface area contributed by atoms with Gasteiger partial charge in [0.25, 0.3) is 5.91 Å². The molecule has 106 valence electrons. The van der Waals surface area contributed by atoms with E-state index < -0.39 is 0 Å². The molecule has 0 aliphatic rings. The molecule has 5 heteroatoms. The molecule has 0 saturated heterocycles. The zero-order valence-electron chi connectivity index (χ0n) is 11.6. The Labute approximate surface area is 118 Å². The molecule has 0 radical (unpaired) electrons. The van der Waals surface area contributed by atoms with Gasteiger partial charge in [-0.2, -0.15) is 0 Å². The third kappa shape index (κ3) is 3.45. The van der Waals surface area contributed by atoms with Crippen LogP contribution in [0.2, 0.25) is 0 Å². The number of hydrogen-bond donors (Lipinski definition) is 2. The van der Waals surface area contributed by atoms with Gasteiger partial charge in [-0.05, 0) is 25.0 Å². The van der Waals surface area contributed by atoms with E-state index in [1.165, 1.54) is 0 Å². The van der Waals surface area contributed by atoms with Crippen molar-refractivity contribution in [2.45, 2.75) is 12.8 Å². The molecular formula is C15H19N3O2. The van der Waals surface area contributed by atoms with Gasteiger partial charge >= 0.3 is 0 Å². The van der Waals surface area contributed by atoms with Crippen molar-refractivity contribution in [3.05, 3.63) is 36.0 Å². The van der Waals surface area contributed by atoms with E-state index in [-0.39, 0.29) is 5.91 Å². The number of amides is 1. The highest BCUT2D eigenvalue weighted by Gasteiger charge is 2.09. The van der Waals surface area contributed by atoms with E-state index in [1.807, 2.05) is 24.3 Å². The van der Waals surface area contributed by atoms with Crippen LogP contribution in [0.4, 0.5) is 5.69 Å². The molecule has 20 heavy (non-hydrogen) atoms. The first kappa shape index (κ1) is 14.3. The lowest BCUT2D eigenvalue weighted by atomic mass is 10.1. The minimum absolute atomic E-state index is 0.195. The number of aromatic nitrogens is 1. The van der Waals surface area contributed by atoms with Gasteiger partial charge in [-0.25, -0.2) is 4.98 Å². The number of carbonyl (C=O) groups excluding carboxylic acids is 1. The van der Waals surface area contributed by atoms with Crippen molar-refractivity contribution in [1.29, 1.82) is 0 Å². The number of nitrogens with one attached hydrogen (secondary N) is 1. The molecule has 5 nitrogen and oxygen atoms in total. The molecule has 0 spiro atoms. The number of rotatable bonds is 6. The lowest BCUT2D eigenvalue weighted by molar-refractivity contribution is 0.0947. The predicted octanol–water partition coefficient (Wildman–Crippen LogP) is 1.97. The first-order valence-corrected chi connectivity index (χ1v) is 6.65. The summed E-state index contributed by atoms with van der Waals surface area (Å²) in [6, 6.07) is 9.13. The zero-order chi connectivity index (χ0) is 14.4. The van der Waals surface area contributed by atoms with Crippen LogP contribution in [0.25, 0.3) is 10.9 Å². The number of hydrogen-bond acceptors (Lipinski definition) is 4. The van der Waals surface area contributed by atoms with Crippen molar-refractivity contribution in [2.24, 2.45) is 0 Å². The number of fused-ring (bicyclic) bond motifs is 1. The summed E-state index contributed by atoms with van der Waals surface area (Å²) in [6.45, 7) is 1.31. The Balaban J connectivity index is 2.03. The number of unbranched alkanes of at least 4 members (excludes halogenated alkanes) is 1. The van der Waals surface area contributed by atoms with Crippen molar-refractivity contribution in [3.8, 4) is 0 Å². The quantitative estimate of drug-likeness (QED) is 0.789. The lowest BCUT2D eigenvalue weighted by Crippen LogP contribution is -2.25. The van der Waals surface area contributed by atoms with Gasteiger partial charge in [0.2, 0.25) is 0 Å². The number of anilines is 1. The Morgan fingerprint density at radius 2 is 2.15 bits per heavy atom. The van der Waals surface area contributed by atoms with Gasteiger partial charge < -0.3 is 15.8 Å². The van der Waals surface area contributed by atoms with Gasteiger partial charge in [0.05, 0.1) is 5.52 Å². The molecule has 0 aliphatic carbocycles. The average Bonchev–Trinajstić information content (AvgIpc) is 2.47. The van der Waals surface area contributed by atoms with E-state index in [4.69, 9.17) is 10.5 Å². The Bertz CT molecular complexity index is 599. The number of methoxy groups -OCH3 is 1. The molecule has 0 atom stereocenters. The molecule has 1 heterocycles. The van der Waals surface area contributed by atoms with Gasteiger partial charge in [-0.3, -0.25) is 4.79 Å². The lowest BCUT2D eigenvalue weighted by Gasteiger charge is -2.07. The Morgan fingerprint density at radius 1 is 1.35 bits per heavy atom. The van der Waals surface area contributed by atoms with Gasteiger partial charge in [-0.15, -0.1) is 0 Å². The summed E-state index contributed by atoms with van der Waals surface area (Å²) in [5, 5.41) is 3.70. The van der Waals surface area contributed by atoms with E-state index in [0.29, 0.717) is 24.5 Å². The second-order valence-corrected chi connectivity index (χ2v) is 4.57. The molecule has 2 aromatic rings. The normalized spacial score (nSPS) is 10.7. The maximum absolute atomic E-state index is 12.0. The van der Waals surface area contributed by atoms with Crippen LogP contribution in [-0.4, -0.2) is 31.2 Å². The summed E-state index contributed by atoms with van der Waals surface area (Å²) in [7, 11) is 1.67. The minimum atomic E-state index is -0.195. The third-order valence-electron chi connectivity index (χ3n) is 3.04. The molecule has 2 rings (SSSR count). The molecule has 1 amide bonds. The van der Waals surface area contributed by atoms with Crippen LogP contribution in [-0.2, 0) is 4.74 Å². The van der Waals surface area contributed by atoms with E-state index in [2.05, 4.69) is 10.3 Å². The standard InChI is InChI=1S/C15H19N3O2/c1-20-9-5-4-8-17-15(19)14-10-12(16)11-6-2-3-7-13(11)18-14/h2-3,6-7,10H,4-5,8-9H2,1H3,(H2,16,18)(H,17,19). The van der Waals surface area contributed by atoms with Gasteiger partial charge in [0.15, 0.2) is 0 Å². The van der Waals surface area contributed by atoms with E-state index in [0.717, 1.165) is 23.7 Å². The van der Waals surface area contributed by atoms with E-state index in [9.17, 15) is 4.79 Å². The molecule has 0 bridgehead atoms. The van der Waals surface area contributed by atoms with E-state index in [1.54, 1.807) is 13.2 Å². The van der Waals surface area contributed by atoms with Gasteiger partial charge in [0.1, 0.15) is 5.69 Å². The summed E-state index contributed by atoms with van der Waals surface area (Å²) >= 11 is 0. The maximum atomic E-state index is 12.0. The van der Waals surface area contributed by atoms with Crippen molar-refractivity contribution in [3.63, 3.8) is 0 Å². The molecule has 3 N–H and O–H groups in total. The van der Waals surface area contributed by atoms with Crippen LogP contribution in [0.5, 0.6) is 0 Å². The first-order chi connectivity index (χ1) is 9.72. The van der Waals surface area contributed by atoms with Crippen LogP contribution < -0.4 is 11.1 Å². The largest absolute Gasteiger partial charge is 0.398 e. The Hall–Kier alpha value is -2.14. The molecular weight excluding hydrogens is 254 g/mol. The number of nitrogens with two attached hydrogens (primary N) is 1. The highest BCUT2D eigenvalue weighted by Crippen LogP contribution is 2.19. The van der Waals surface area contributed by atoms with E-state index >= 15 is 0 Å². The minimum Gasteiger partial charge on any atom is -0.398 e. The average molecular weight is 273 g/mol. The van der Waals surface area contributed by atoms with Gasteiger partial charge in [0, 0.05) is 31.3 Å². The highest BCUT2D eigenvalue weighted by molar-refractivity contribution is 5.99. The summed E-state index contributed by atoms with van der Waals surface area (Å²) in [5.41, 5.74) is 7.61. The summed E-state index contributed by atoms with van der Waals surface area (Å²) in [5.74, 6) is -0.195. The van der Waals surface area contributed by atoms with Crippen LogP contribution in [0.3, 0.4) is 0 Å². The summed E-state index contributed by atoms with van der Waals surface area (Å²) in [4.78, 5) is 16.3. The zero-order valence-corrected chi connectivity index (χ0v) is 11.6. The second-order valence-electron chi connectivity index (χ2n) is 4.57. The van der Waals surface area contributed by atoms with Crippen molar-refractivity contribution in [1.82, 2.24) is 10.3 Å². The number of nitrogen functional groups attached to an aromatic ring is 1. The predicted molar refractivity (Wildman–Crippen MR) is 79.6 cm³/mol. The number of para-hydroxylation sites is 1. The van der Waals surface area contributed by atoms with Crippen molar-refractivity contribution >= 4 is 22.5 Å². The smallest absolute Gasteiger partial charge is 0.269 e. The Morgan fingerprint density at radius 3 is 2.95 bits per heavy atom. The molecule has 0 aliphatic heterocycles. The van der Waals surface area contributed by atoms with Crippen LogP contribution in [0, 0.1) is 0 Å². The van der Waals surface area contributed by atoms with Crippen LogP contribution in [0.15, 0.2) is 30.3 Å². The number of carbonyl (C=O) groups is 1. The Kier molecular flexibility index (Phi) is 4.90. The number of ether oxygens (including phenoxy) is 1. The third-order valence-corrected chi connectivity index (χ3v) is 3.04. The second kappa shape index (κ2) is 6.86. The van der Waals surface area contributed by atoms with Crippen molar-refractivity contribution in [2.75, 3.05) is 26.0 Å². The number of benzene rings is 1. The molecule has 1 aromatic carbocycles. The molecule has 0 fully saturated rings. The maximum Gasteiger partial charge on any atom is 0.269 e.